The standard InChI is InChI=1S/C24H21N3O3S/c1-15(23(28)26-18-9-10-20-21(14-18)30-12-11-29-20)25-17-6-4-5-16(13-17)24-27-19-7-2-3-8-22(19)31-24/h2-10,13-15,25H,11-12H2,1H3,(H,26,28). The van der Waals surface area contributed by atoms with E-state index in [1.165, 1.54) is 0 Å². The van der Waals surface area contributed by atoms with Crippen molar-refractivity contribution in [3.05, 3.63) is 66.7 Å². The summed E-state index contributed by atoms with van der Waals surface area (Å²) in [6.45, 7) is 2.88. The Kier molecular flexibility index (Phi) is 5.18. The molecule has 1 atom stereocenters. The lowest BCUT2D eigenvalue weighted by Crippen LogP contribution is -2.31. The molecule has 2 heterocycles. The molecule has 2 N–H and O–H groups in total. The molecule has 5 rings (SSSR count). The molecule has 1 aromatic heterocycles. The van der Waals surface area contributed by atoms with Gasteiger partial charge in [-0.15, -0.1) is 11.3 Å². The largest absolute Gasteiger partial charge is 0.486 e. The van der Waals surface area contributed by atoms with Gasteiger partial charge in [-0.2, -0.15) is 0 Å². The molecule has 3 aromatic carbocycles. The monoisotopic (exact) mass is 431 g/mol. The predicted octanol–water partition coefficient (Wildman–Crippen LogP) is 5.17. The number of para-hydroxylation sites is 1. The van der Waals surface area contributed by atoms with Crippen molar-refractivity contribution in [2.45, 2.75) is 13.0 Å². The van der Waals surface area contributed by atoms with Gasteiger partial charge in [0, 0.05) is 23.0 Å². The third kappa shape index (κ3) is 4.18. The second kappa shape index (κ2) is 8.28. The van der Waals surface area contributed by atoms with Crippen LogP contribution in [0.1, 0.15) is 6.92 Å². The van der Waals surface area contributed by atoms with Crippen molar-refractivity contribution in [2.75, 3.05) is 23.8 Å². The summed E-state index contributed by atoms with van der Waals surface area (Å²) in [5.74, 6) is 1.21. The Morgan fingerprint density at radius 2 is 1.81 bits per heavy atom. The van der Waals surface area contributed by atoms with Crippen molar-refractivity contribution >= 4 is 38.8 Å². The maximum absolute atomic E-state index is 12.7. The van der Waals surface area contributed by atoms with Crippen molar-refractivity contribution in [2.24, 2.45) is 0 Å². The zero-order chi connectivity index (χ0) is 21.2. The molecule has 1 aliphatic rings. The van der Waals surface area contributed by atoms with Gasteiger partial charge >= 0.3 is 0 Å². The summed E-state index contributed by atoms with van der Waals surface area (Å²) >= 11 is 1.66. The van der Waals surface area contributed by atoms with Crippen molar-refractivity contribution in [1.29, 1.82) is 0 Å². The first kappa shape index (κ1) is 19.4. The first-order chi connectivity index (χ1) is 15.2. The molecular weight excluding hydrogens is 410 g/mol. The van der Waals surface area contributed by atoms with Crippen LogP contribution in [0.3, 0.4) is 0 Å². The number of anilines is 2. The molecule has 1 aliphatic heterocycles. The van der Waals surface area contributed by atoms with Crippen molar-refractivity contribution in [3.63, 3.8) is 0 Å². The fourth-order valence-corrected chi connectivity index (χ4v) is 4.39. The van der Waals surface area contributed by atoms with Gasteiger partial charge in [0.15, 0.2) is 11.5 Å². The molecule has 0 bridgehead atoms. The summed E-state index contributed by atoms with van der Waals surface area (Å²) in [5.41, 5.74) is 3.55. The maximum Gasteiger partial charge on any atom is 0.246 e. The second-order valence-corrected chi connectivity index (χ2v) is 8.31. The Labute approximate surface area is 183 Å². The summed E-state index contributed by atoms with van der Waals surface area (Å²) in [6.07, 6.45) is 0. The number of nitrogens with one attached hydrogen (secondary N) is 2. The number of hydrogen-bond donors (Lipinski definition) is 2. The lowest BCUT2D eigenvalue weighted by molar-refractivity contribution is -0.116. The number of nitrogens with zero attached hydrogens (tertiary/aromatic N) is 1. The zero-order valence-electron chi connectivity index (χ0n) is 16.9. The summed E-state index contributed by atoms with van der Waals surface area (Å²) in [7, 11) is 0. The first-order valence-corrected chi connectivity index (χ1v) is 10.9. The zero-order valence-corrected chi connectivity index (χ0v) is 17.7. The molecule has 0 aliphatic carbocycles. The van der Waals surface area contributed by atoms with Gasteiger partial charge in [0.25, 0.3) is 0 Å². The third-order valence-electron chi connectivity index (χ3n) is 4.99. The van der Waals surface area contributed by atoms with Crippen LogP contribution in [-0.2, 0) is 4.79 Å². The number of aromatic nitrogens is 1. The molecule has 0 saturated carbocycles. The van der Waals surface area contributed by atoms with E-state index in [2.05, 4.69) is 16.7 Å². The number of ether oxygens (including phenoxy) is 2. The smallest absolute Gasteiger partial charge is 0.246 e. The molecule has 156 valence electrons. The van der Waals surface area contributed by atoms with E-state index in [0.717, 1.165) is 26.5 Å². The van der Waals surface area contributed by atoms with Gasteiger partial charge in [0.05, 0.1) is 10.2 Å². The number of thiazole rings is 1. The van der Waals surface area contributed by atoms with Crippen molar-refractivity contribution in [1.82, 2.24) is 4.98 Å². The molecule has 4 aromatic rings. The number of rotatable bonds is 5. The van der Waals surface area contributed by atoms with Gasteiger partial charge in [-0.3, -0.25) is 4.79 Å². The van der Waals surface area contributed by atoms with Crippen LogP contribution >= 0.6 is 11.3 Å². The molecule has 0 spiro atoms. The van der Waals surface area contributed by atoms with Gasteiger partial charge in [0.1, 0.15) is 24.3 Å². The van der Waals surface area contributed by atoms with Crippen molar-refractivity contribution < 1.29 is 14.3 Å². The first-order valence-electron chi connectivity index (χ1n) is 10.1. The molecule has 0 saturated heterocycles. The number of benzene rings is 3. The molecular formula is C24H21N3O3S. The highest BCUT2D eigenvalue weighted by Crippen LogP contribution is 2.33. The molecule has 0 fully saturated rings. The van der Waals surface area contributed by atoms with Gasteiger partial charge in [-0.05, 0) is 43.3 Å². The van der Waals surface area contributed by atoms with Gasteiger partial charge in [-0.25, -0.2) is 4.98 Å². The van der Waals surface area contributed by atoms with Crippen LogP contribution in [0.25, 0.3) is 20.8 Å². The topological polar surface area (TPSA) is 72.5 Å². The fourth-order valence-electron chi connectivity index (χ4n) is 3.42. The summed E-state index contributed by atoms with van der Waals surface area (Å²) in [4.78, 5) is 17.4. The minimum absolute atomic E-state index is 0.137. The highest BCUT2D eigenvalue weighted by molar-refractivity contribution is 7.21. The Balaban J connectivity index is 1.28. The molecule has 7 heteroatoms. The van der Waals surface area contributed by atoms with Crippen LogP contribution in [0.4, 0.5) is 11.4 Å². The van der Waals surface area contributed by atoms with E-state index < -0.39 is 6.04 Å². The van der Waals surface area contributed by atoms with E-state index >= 15 is 0 Å². The van der Waals surface area contributed by atoms with E-state index in [4.69, 9.17) is 14.5 Å². The van der Waals surface area contributed by atoms with Crippen LogP contribution in [0, 0.1) is 0 Å². The van der Waals surface area contributed by atoms with Gasteiger partial charge < -0.3 is 20.1 Å². The van der Waals surface area contributed by atoms with Gasteiger partial charge in [-0.1, -0.05) is 24.3 Å². The van der Waals surface area contributed by atoms with E-state index in [1.54, 1.807) is 17.4 Å². The van der Waals surface area contributed by atoms with E-state index in [1.807, 2.05) is 61.5 Å². The number of carbonyl (C=O) groups excluding carboxylic acids is 1. The number of hydrogen-bond acceptors (Lipinski definition) is 6. The van der Waals surface area contributed by atoms with E-state index in [9.17, 15) is 4.79 Å². The number of carbonyl (C=O) groups is 1. The fraction of sp³-hybridized carbons (Fsp3) is 0.167. The molecule has 31 heavy (non-hydrogen) atoms. The molecule has 0 radical (unpaired) electrons. The highest BCUT2D eigenvalue weighted by atomic mass is 32.1. The van der Waals surface area contributed by atoms with Crippen LogP contribution < -0.4 is 20.1 Å². The van der Waals surface area contributed by atoms with E-state index in [0.29, 0.717) is 30.4 Å². The average Bonchev–Trinajstić information content (AvgIpc) is 3.23. The van der Waals surface area contributed by atoms with Gasteiger partial charge in [0.2, 0.25) is 5.91 Å². The lowest BCUT2D eigenvalue weighted by atomic mass is 10.2. The highest BCUT2D eigenvalue weighted by Gasteiger charge is 2.16. The Hall–Kier alpha value is -3.58. The molecule has 6 nitrogen and oxygen atoms in total. The minimum atomic E-state index is -0.432. The summed E-state index contributed by atoms with van der Waals surface area (Å²) < 4.78 is 12.3. The summed E-state index contributed by atoms with van der Waals surface area (Å²) in [5, 5.41) is 7.16. The molecule has 1 amide bonds. The molecule has 1 unspecified atom stereocenters. The average molecular weight is 432 g/mol. The SMILES string of the molecule is CC(Nc1cccc(-c2nc3ccccc3s2)c1)C(=O)Nc1ccc2c(c1)OCCO2. The minimum Gasteiger partial charge on any atom is -0.486 e. The normalized spacial score (nSPS) is 13.6. The Morgan fingerprint density at radius 1 is 0.968 bits per heavy atom. The lowest BCUT2D eigenvalue weighted by Gasteiger charge is -2.20. The number of amides is 1. The second-order valence-electron chi connectivity index (χ2n) is 7.28. The van der Waals surface area contributed by atoms with Crippen LogP contribution in [-0.4, -0.2) is 30.1 Å². The van der Waals surface area contributed by atoms with Crippen LogP contribution in [0.2, 0.25) is 0 Å². The van der Waals surface area contributed by atoms with Crippen molar-refractivity contribution in [3.8, 4) is 22.1 Å². The Bertz CT molecular complexity index is 1220. The van der Waals surface area contributed by atoms with Crippen LogP contribution in [0.5, 0.6) is 11.5 Å². The maximum atomic E-state index is 12.7. The number of fused-ring (bicyclic) bond motifs is 2. The van der Waals surface area contributed by atoms with E-state index in [-0.39, 0.29) is 5.91 Å². The predicted molar refractivity (Wildman–Crippen MR) is 124 cm³/mol. The summed E-state index contributed by atoms with van der Waals surface area (Å²) in [6, 6.07) is 21.0. The Morgan fingerprint density at radius 3 is 2.68 bits per heavy atom. The quantitative estimate of drug-likeness (QED) is 0.456. The third-order valence-corrected chi connectivity index (χ3v) is 6.08. The van der Waals surface area contributed by atoms with Crippen LogP contribution in [0.15, 0.2) is 66.7 Å².